The molecule has 35 heavy (non-hydrogen) atoms. The average molecular weight is 495 g/mol. The first-order valence-corrected chi connectivity index (χ1v) is 12.1. The highest BCUT2D eigenvalue weighted by Gasteiger charge is 2.24. The molecule has 0 fully saturated rings. The maximum atomic E-state index is 13.3. The first-order valence-electron chi connectivity index (χ1n) is 11.8. The van der Waals surface area contributed by atoms with Crippen molar-refractivity contribution in [1.29, 1.82) is 0 Å². The number of fused-ring (bicyclic) bond motifs is 2. The minimum Gasteiger partial charge on any atom is -0.494 e. The van der Waals surface area contributed by atoms with E-state index in [1.165, 1.54) is 0 Å². The topological polar surface area (TPSA) is 62.6 Å². The van der Waals surface area contributed by atoms with Gasteiger partial charge in [0.2, 0.25) is 0 Å². The fourth-order valence-corrected chi connectivity index (χ4v) is 4.18. The van der Waals surface area contributed by atoms with Gasteiger partial charge in [0, 0.05) is 23.4 Å². The molecule has 4 rings (SSSR count). The predicted molar refractivity (Wildman–Crippen MR) is 141 cm³/mol. The number of nitrogens with zero attached hydrogens (tertiary/aromatic N) is 2. The molecule has 0 unspecified atom stereocenters. The summed E-state index contributed by atoms with van der Waals surface area (Å²) in [7, 11) is 1.71. The molecule has 0 saturated heterocycles. The van der Waals surface area contributed by atoms with Gasteiger partial charge in [-0.3, -0.25) is 0 Å². The normalized spacial score (nSPS) is 12.7. The molecular weight excluding hydrogens is 464 g/mol. The molecule has 0 saturated carbocycles. The Bertz CT molecular complexity index is 1360. The van der Waals surface area contributed by atoms with Crippen LogP contribution in [0, 0.1) is 0 Å². The van der Waals surface area contributed by atoms with Crippen molar-refractivity contribution in [3.8, 4) is 17.0 Å². The van der Waals surface area contributed by atoms with Crippen LogP contribution in [0.1, 0.15) is 40.5 Å². The van der Waals surface area contributed by atoms with E-state index < -0.39 is 11.7 Å². The molecule has 0 N–H and O–H groups in total. The lowest BCUT2D eigenvalue weighted by molar-refractivity contribution is 0.0547. The number of para-hydroxylation sites is 1. The Kier molecular flexibility index (Phi) is 7.33. The van der Waals surface area contributed by atoms with Crippen molar-refractivity contribution in [2.75, 3.05) is 13.7 Å². The molecule has 0 aliphatic carbocycles. The van der Waals surface area contributed by atoms with E-state index in [0.717, 1.165) is 34.9 Å². The maximum Gasteiger partial charge on any atom is 0.419 e. The van der Waals surface area contributed by atoms with E-state index in [0.29, 0.717) is 28.5 Å². The van der Waals surface area contributed by atoms with E-state index in [1.807, 2.05) is 82.3 Å². The minimum absolute atomic E-state index is 0.201. The lowest BCUT2D eigenvalue weighted by Gasteiger charge is -2.21. The summed E-state index contributed by atoms with van der Waals surface area (Å²) >= 11 is 6.62. The van der Waals surface area contributed by atoms with Gasteiger partial charge in [-0.2, -0.15) is 0 Å². The van der Waals surface area contributed by atoms with Gasteiger partial charge in [0.25, 0.3) is 0 Å². The minimum atomic E-state index is -0.654. The molecule has 6 nitrogen and oxygen atoms in total. The Morgan fingerprint density at radius 2 is 1.86 bits per heavy atom. The number of methoxy groups -OCH3 is 1. The third-order valence-electron chi connectivity index (χ3n) is 5.73. The van der Waals surface area contributed by atoms with Crippen molar-refractivity contribution in [1.82, 2.24) is 9.55 Å². The van der Waals surface area contributed by atoms with Crippen LogP contribution in [0.15, 0.2) is 54.6 Å². The van der Waals surface area contributed by atoms with Crippen LogP contribution in [0.4, 0.5) is 4.79 Å². The summed E-state index contributed by atoms with van der Waals surface area (Å²) in [4.78, 5) is 17.9. The summed E-state index contributed by atoms with van der Waals surface area (Å²) in [6, 6.07) is 17.3. The monoisotopic (exact) mass is 494 g/mol. The zero-order chi connectivity index (χ0) is 25.2. The van der Waals surface area contributed by atoms with Gasteiger partial charge >= 0.3 is 6.09 Å². The van der Waals surface area contributed by atoms with Crippen molar-refractivity contribution in [3.05, 3.63) is 59.8 Å². The molecule has 0 amide bonds. The van der Waals surface area contributed by atoms with Crippen LogP contribution in [0.2, 0.25) is 5.15 Å². The first kappa shape index (κ1) is 25.0. The van der Waals surface area contributed by atoms with Gasteiger partial charge in [-0.05, 0) is 76.9 Å². The van der Waals surface area contributed by atoms with Gasteiger partial charge in [-0.1, -0.05) is 29.8 Å². The predicted octanol–water partition coefficient (Wildman–Crippen LogP) is 7.49. The summed E-state index contributed by atoms with van der Waals surface area (Å²) in [6.07, 6.45) is 1.53. The zero-order valence-corrected chi connectivity index (χ0v) is 21.6. The number of carbonyl (C=O) groups excluding carboxylic acids is 1. The van der Waals surface area contributed by atoms with Crippen molar-refractivity contribution >= 4 is 39.5 Å². The Labute approximate surface area is 210 Å². The molecule has 7 heteroatoms. The molecule has 4 aromatic rings. The second kappa shape index (κ2) is 10.3. The number of halogens is 1. The molecule has 1 atom stereocenters. The number of carbonyl (C=O) groups is 1. The van der Waals surface area contributed by atoms with Crippen molar-refractivity contribution in [2.45, 2.75) is 52.2 Å². The summed E-state index contributed by atoms with van der Waals surface area (Å²) in [5.74, 6) is 0.734. The van der Waals surface area contributed by atoms with Gasteiger partial charge in [-0.15, -0.1) is 0 Å². The van der Waals surface area contributed by atoms with Gasteiger partial charge < -0.3 is 14.2 Å². The fourth-order valence-electron chi connectivity index (χ4n) is 3.94. The molecule has 0 spiro atoms. The Hall–Kier alpha value is -3.09. The smallest absolute Gasteiger partial charge is 0.419 e. The van der Waals surface area contributed by atoms with Gasteiger partial charge in [-0.25, -0.2) is 14.3 Å². The number of hydrogen-bond acceptors (Lipinski definition) is 5. The van der Waals surface area contributed by atoms with Crippen LogP contribution in [0.3, 0.4) is 0 Å². The fraction of sp³-hybridized carbons (Fsp3) is 0.357. The molecule has 184 valence electrons. The standard InChI is InChI=1S/C28H31ClN2O4/c1-18(33-5)9-8-14-34-21-12-13-24-20(15-21)17-25(31(24)27(32)35-28(2,3)4)22-16-19-10-6-7-11-23(19)30-26(22)29/h6-7,10-13,15-18H,8-9,14H2,1-5H3/t18-/m0/s1. The van der Waals surface area contributed by atoms with E-state index in [9.17, 15) is 4.79 Å². The number of ether oxygens (including phenoxy) is 3. The maximum absolute atomic E-state index is 13.3. The number of hydrogen-bond donors (Lipinski definition) is 0. The molecule has 0 aliphatic rings. The third kappa shape index (κ3) is 5.77. The van der Waals surface area contributed by atoms with E-state index in [2.05, 4.69) is 4.98 Å². The average Bonchev–Trinajstić information content (AvgIpc) is 3.18. The summed E-state index contributed by atoms with van der Waals surface area (Å²) in [6.45, 7) is 8.16. The number of aromatic nitrogens is 2. The van der Waals surface area contributed by atoms with Crippen LogP contribution in [0.25, 0.3) is 33.1 Å². The Morgan fingerprint density at radius 3 is 2.60 bits per heavy atom. The molecule has 2 heterocycles. The van der Waals surface area contributed by atoms with Crippen LogP contribution in [-0.4, -0.2) is 41.1 Å². The third-order valence-corrected chi connectivity index (χ3v) is 6.02. The molecule has 0 aliphatic heterocycles. The van der Waals surface area contributed by atoms with Gasteiger partial charge in [0.15, 0.2) is 0 Å². The van der Waals surface area contributed by atoms with E-state index in [-0.39, 0.29) is 6.10 Å². The zero-order valence-electron chi connectivity index (χ0n) is 20.8. The largest absolute Gasteiger partial charge is 0.494 e. The van der Waals surface area contributed by atoms with E-state index in [1.54, 1.807) is 11.7 Å². The van der Waals surface area contributed by atoms with Crippen molar-refractivity contribution in [3.63, 3.8) is 0 Å². The van der Waals surface area contributed by atoms with Crippen molar-refractivity contribution < 1.29 is 19.0 Å². The first-order chi connectivity index (χ1) is 16.7. The molecule has 2 aromatic heterocycles. The van der Waals surface area contributed by atoms with Crippen LogP contribution in [0.5, 0.6) is 5.75 Å². The van der Waals surface area contributed by atoms with Crippen LogP contribution < -0.4 is 4.74 Å². The van der Waals surface area contributed by atoms with Crippen molar-refractivity contribution in [2.24, 2.45) is 0 Å². The summed E-state index contributed by atoms with van der Waals surface area (Å²) in [5, 5.41) is 2.10. The number of rotatable bonds is 7. The summed E-state index contributed by atoms with van der Waals surface area (Å²) in [5.41, 5.74) is 2.11. The van der Waals surface area contributed by atoms with Crippen LogP contribution >= 0.6 is 11.6 Å². The number of benzene rings is 2. The highest BCUT2D eigenvalue weighted by molar-refractivity contribution is 6.32. The number of pyridine rings is 1. The lowest BCUT2D eigenvalue weighted by Crippen LogP contribution is -2.27. The molecule has 0 radical (unpaired) electrons. The quantitative estimate of drug-likeness (QED) is 0.197. The summed E-state index contributed by atoms with van der Waals surface area (Å²) < 4.78 is 18.6. The highest BCUT2D eigenvalue weighted by atomic mass is 35.5. The lowest BCUT2D eigenvalue weighted by atomic mass is 10.1. The Balaban J connectivity index is 1.76. The SMILES string of the molecule is CO[C@@H](C)CCCOc1ccc2c(c1)cc(-c1cc3ccccc3nc1Cl)n2C(=O)OC(C)(C)C. The molecular formula is C28H31ClN2O4. The Morgan fingerprint density at radius 1 is 1.09 bits per heavy atom. The van der Waals surface area contributed by atoms with Gasteiger partial charge in [0.1, 0.15) is 16.5 Å². The van der Waals surface area contributed by atoms with Gasteiger partial charge in [0.05, 0.1) is 29.4 Å². The highest BCUT2D eigenvalue weighted by Crippen LogP contribution is 2.36. The molecule has 2 aromatic carbocycles. The van der Waals surface area contributed by atoms with Crippen LogP contribution in [-0.2, 0) is 9.47 Å². The van der Waals surface area contributed by atoms with E-state index in [4.69, 9.17) is 25.8 Å². The second-order valence-electron chi connectivity index (χ2n) is 9.62. The second-order valence-corrected chi connectivity index (χ2v) is 9.98. The molecule has 0 bridgehead atoms. The van der Waals surface area contributed by atoms with E-state index >= 15 is 0 Å².